The van der Waals surface area contributed by atoms with E-state index in [-0.39, 0.29) is 11.8 Å². The maximum absolute atomic E-state index is 13.0. The van der Waals surface area contributed by atoms with E-state index in [4.69, 9.17) is 14.9 Å². The third-order valence-corrected chi connectivity index (χ3v) is 7.21. The Balaban J connectivity index is 1.44. The monoisotopic (exact) mass is 536 g/mol. The molecule has 8 heteroatoms. The maximum atomic E-state index is 13.0. The van der Waals surface area contributed by atoms with Crippen molar-refractivity contribution >= 4 is 17.5 Å². The molecule has 0 radical (unpaired) electrons. The van der Waals surface area contributed by atoms with E-state index in [1.54, 1.807) is 19.3 Å². The number of amides is 2. The van der Waals surface area contributed by atoms with Crippen molar-refractivity contribution in [2.75, 3.05) is 53.1 Å². The van der Waals surface area contributed by atoms with Gasteiger partial charge in [-0.15, -0.1) is 0 Å². The Morgan fingerprint density at radius 2 is 1.85 bits per heavy atom. The van der Waals surface area contributed by atoms with Gasteiger partial charge in [-0.05, 0) is 80.4 Å². The standard InChI is InChI=1S/C31H44N4O4/c1-4-18-39-19-5-6-24-7-9-26(10-8-24)31(37)35-16-13-25(14-17-35)21-33-22-28-23(2)27(11-12-29(28)32)30(36)34-15-20-38-3/h7-12,22,25,32-33H,4-6,13-21H2,1-3H3,(H,34,36)/b28-22-,32-29?. The van der Waals surface area contributed by atoms with Crippen molar-refractivity contribution in [2.45, 2.75) is 46.0 Å². The summed E-state index contributed by atoms with van der Waals surface area (Å²) in [5.74, 6) is 0.376. The summed E-state index contributed by atoms with van der Waals surface area (Å²) in [5, 5.41) is 14.5. The zero-order valence-corrected chi connectivity index (χ0v) is 23.7. The molecule has 1 fully saturated rings. The van der Waals surface area contributed by atoms with E-state index in [2.05, 4.69) is 29.7 Å². The first-order valence-electron chi connectivity index (χ1n) is 14.1. The Hall–Kier alpha value is -3.23. The Morgan fingerprint density at radius 1 is 1.10 bits per heavy atom. The quantitative estimate of drug-likeness (QED) is 0.312. The average molecular weight is 537 g/mol. The van der Waals surface area contributed by atoms with Gasteiger partial charge in [-0.2, -0.15) is 0 Å². The van der Waals surface area contributed by atoms with Crippen molar-refractivity contribution in [3.05, 3.63) is 70.5 Å². The zero-order chi connectivity index (χ0) is 28.0. The summed E-state index contributed by atoms with van der Waals surface area (Å²) in [7, 11) is 1.60. The van der Waals surface area contributed by atoms with Crippen LogP contribution >= 0.6 is 0 Å². The molecular formula is C31H44N4O4. The lowest BCUT2D eigenvalue weighted by atomic mass is 9.92. The number of nitrogens with one attached hydrogen (secondary N) is 3. The largest absolute Gasteiger partial charge is 0.390 e. The second-order valence-electron chi connectivity index (χ2n) is 10.1. The number of rotatable bonds is 14. The third kappa shape index (κ3) is 9.18. The van der Waals surface area contributed by atoms with Gasteiger partial charge in [0.15, 0.2) is 0 Å². The van der Waals surface area contributed by atoms with Crippen LogP contribution in [0.5, 0.6) is 0 Å². The lowest BCUT2D eigenvalue weighted by Crippen LogP contribution is -2.40. The second-order valence-corrected chi connectivity index (χ2v) is 10.1. The van der Waals surface area contributed by atoms with Crippen LogP contribution in [0, 0.1) is 11.3 Å². The topological polar surface area (TPSA) is 104 Å². The van der Waals surface area contributed by atoms with Crippen LogP contribution in [0.4, 0.5) is 0 Å². The SMILES string of the molecule is CCCOCCCc1ccc(C(=O)N2CCC(CN/C=C3\C(=N)C=CC(C(=O)NCCOC)=C3C)CC2)cc1. The molecule has 3 rings (SSSR count). The summed E-state index contributed by atoms with van der Waals surface area (Å²) in [6.45, 7) is 8.71. The number of piperidine rings is 1. The van der Waals surface area contributed by atoms with Gasteiger partial charge in [0.1, 0.15) is 0 Å². The highest BCUT2D eigenvalue weighted by molar-refractivity contribution is 6.14. The van der Waals surface area contributed by atoms with Crippen LogP contribution in [0.25, 0.3) is 0 Å². The molecule has 0 spiro atoms. The van der Waals surface area contributed by atoms with Crippen LogP contribution in [0.3, 0.4) is 0 Å². The number of hydrogen-bond donors (Lipinski definition) is 3. The molecule has 2 aliphatic rings. The molecule has 8 nitrogen and oxygen atoms in total. The molecule has 1 aliphatic carbocycles. The van der Waals surface area contributed by atoms with E-state index < -0.39 is 0 Å². The van der Waals surface area contributed by atoms with Gasteiger partial charge in [0.25, 0.3) is 11.8 Å². The van der Waals surface area contributed by atoms with E-state index >= 15 is 0 Å². The van der Waals surface area contributed by atoms with Crippen molar-refractivity contribution < 1.29 is 19.1 Å². The van der Waals surface area contributed by atoms with Crippen LogP contribution < -0.4 is 10.6 Å². The number of methoxy groups -OCH3 is 1. The second kappa shape index (κ2) is 16.0. The smallest absolute Gasteiger partial charge is 0.253 e. The summed E-state index contributed by atoms with van der Waals surface area (Å²) in [6, 6.07) is 8.00. The molecule has 1 aromatic carbocycles. The molecule has 1 aromatic rings. The van der Waals surface area contributed by atoms with Gasteiger partial charge in [-0.1, -0.05) is 19.1 Å². The number of nitrogens with zero attached hydrogens (tertiary/aromatic N) is 1. The highest BCUT2D eigenvalue weighted by Crippen LogP contribution is 2.23. The summed E-state index contributed by atoms with van der Waals surface area (Å²) in [5.41, 5.74) is 4.42. The van der Waals surface area contributed by atoms with Gasteiger partial charge in [0.2, 0.25) is 0 Å². The molecule has 212 valence electrons. The van der Waals surface area contributed by atoms with Gasteiger partial charge < -0.3 is 30.4 Å². The van der Waals surface area contributed by atoms with E-state index in [1.807, 2.05) is 30.2 Å². The molecule has 1 aliphatic heterocycles. The van der Waals surface area contributed by atoms with Crippen molar-refractivity contribution in [2.24, 2.45) is 5.92 Å². The number of likely N-dealkylation sites (tertiary alicyclic amines) is 1. The molecule has 0 unspecified atom stereocenters. The fourth-order valence-corrected chi connectivity index (χ4v) is 4.81. The minimum Gasteiger partial charge on any atom is -0.390 e. The van der Waals surface area contributed by atoms with E-state index in [9.17, 15) is 9.59 Å². The van der Waals surface area contributed by atoms with E-state index in [0.29, 0.717) is 30.4 Å². The fourth-order valence-electron chi connectivity index (χ4n) is 4.81. The highest BCUT2D eigenvalue weighted by Gasteiger charge is 2.24. The molecule has 1 saturated heterocycles. The Kier molecular flexibility index (Phi) is 12.4. The van der Waals surface area contributed by atoms with Crippen LogP contribution in [0.2, 0.25) is 0 Å². The minimum atomic E-state index is -0.164. The average Bonchev–Trinajstić information content (AvgIpc) is 2.95. The summed E-state index contributed by atoms with van der Waals surface area (Å²) in [6.07, 6.45) is 10.0. The van der Waals surface area contributed by atoms with Gasteiger partial charge in [-0.25, -0.2) is 0 Å². The first-order valence-corrected chi connectivity index (χ1v) is 14.1. The molecule has 2 amide bonds. The summed E-state index contributed by atoms with van der Waals surface area (Å²) in [4.78, 5) is 27.5. The first-order chi connectivity index (χ1) is 18.9. The first kappa shape index (κ1) is 30.3. The lowest BCUT2D eigenvalue weighted by molar-refractivity contribution is -0.117. The van der Waals surface area contributed by atoms with Crippen molar-refractivity contribution in [1.82, 2.24) is 15.5 Å². The fraction of sp³-hybridized carbons (Fsp3) is 0.516. The number of aryl methyl sites for hydroxylation is 1. The van der Waals surface area contributed by atoms with Gasteiger partial charge >= 0.3 is 0 Å². The normalized spacial score (nSPS) is 17.2. The van der Waals surface area contributed by atoms with E-state index in [1.165, 1.54) is 5.56 Å². The van der Waals surface area contributed by atoms with Gasteiger partial charge in [0.05, 0.1) is 12.3 Å². The van der Waals surface area contributed by atoms with Crippen molar-refractivity contribution in [3.8, 4) is 0 Å². The zero-order valence-electron chi connectivity index (χ0n) is 23.7. The number of carbonyl (C=O) groups excluding carboxylic acids is 2. The molecule has 39 heavy (non-hydrogen) atoms. The van der Waals surface area contributed by atoms with Gasteiger partial charge in [-0.3, -0.25) is 9.59 Å². The molecule has 0 bridgehead atoms. The lowest BCUT2D eigenvalue weighted by Gasteiger charge is -2.32. The van der Waals surface area contributed by atoms with Crippen molar-refractivity contribution in [1.29, 1.82) is 5.41 Å². The Labute approximate surface area is 233 Å². The van der Waals surface area contributed by atoms with Crippen LogP contribution in [-0.2, 0) is 20.7 Å². The summed E-state index contributed by atoms with van der Waals surface area (Å²) < 4.78 is 10.5. The summed E-state index contributed by atoms with van der Waals surface area (Å²) >= 11 is 0. The van der Waals surface area contributed by atoms with Crippen LogP contribution in [0.1, 0.15) is 55.5 Å². The minimum absolute atomic E-state index is 0.0980. The number of ether oxygens (including phenoxy) is 2. The maximum Gasteiger partial charge on any atom is 0.253 e. The number of allylic oxidation sites excluding steroid dienone is 3. The number of carbonyl (C=O) groups is 2. The Morgan fingerprint density at radius 3 is 2.54 bits per heavy atom. The molecule has 3 N–H and O–H groups in total. The van der Waals surface area contributed by atoms with Crippen LogP contribution in [0.15, 0.2) is 59.3 Å². The number of benzene rings is 1. The van der Waals surface area contributed by atoms with Gasteiger partial charge in [0, 0.05) is 69.4 Å². The molecule has 1 heterocycles. The third-order valence-electron chi connectivity index (χ3n) is 7.21. The predicted molar refractivity (Wildman–Crippen MR) is 155 cm³/mol. The number of hydrogen-bond acceptors (Lipinski definition) is 6. The molecule has 0 aromatic heterocycles. The Bertz CT molecular complexity index is 1070. The highest BCUT2D eigenvalue weighted by atomic mass is 16.5. The molecule has 0 atom stereocenters. The molecular weight excluding hydrogens is 492 g/mol. The predicted octanol–water partition coefficient (Wildman–Crippen LogP) is 4.04. The van der Waals surface area contributed by atoms with Crippen LogP contribution in [-0.4, -0.2) is 75.5 Å². The van der Waals surface area contributed by atoms with E-state index in [0.717, 1.165) is 81.7 Å². The molecule has 0 saturated carbocycles. The van der Waals surface area contributed by atoms with Crippen molar-refractivity contribution in [3.63, 3.8) is 0 Å².